The van der Waals surface area contributed by atoms with Gasteiger partial charge in [-0.2, -0.15) is 15.0 Å². The van der Waals surface area contributed by atoms with Crippen molar-refractivity contribution in [2.45, 2.75) is 38.6 Å². The predicted molar refractivity (Wildman–Crippen MR) is 98.2 cm³/mol. The van der Waals surface area contributed by atoms with E-state index in [9.17, 15) is 0 Å². The van der Waals surface area contributed by atoms with E-state index in [-0.39, 0.29) is 24.1 Å². The van der Waals surface area contributed by atoms with Crippen LogP contribution in [0, 0.1) is 0 Å². The topological polar surface area (TPSA) is 80.4 Å². The molecule has 0 saturated carbocycles. The van der Waals surface area contributed by atoms with Crippen LogP contribution in [0.4, 0.5) is 11.9 Å². The number of rotatable bonds is 4. The Balaban J connectivity index is 1.83. The Labute approximate surface area is 148 Å². The third kappa shape index (κ3) is 3.88. The summed E-state index contributed by atoms with van der Waals surface area (Å²) in [5, 5.41) is 0. The number of benzene rings is 1. The Morgan fingerprint density at radius 3 is 2.56 bits per heavy atom. The summed E-state index contributed by atoms with van der Waals surface area (Å²) in [5.41, 5.74) is 7.05. The fourth-order valence-corrected chi connectivity index (χ4v) is 3.23. The third-order valence-electron chi connectivity index (χ3n) is 4.58. The molecule has 1 saturated heterocycles. The van der Waals surface area contributed by atoms with Crippen molar-refractivity contribution in [1.29, 1.82) is 0 Å². The molecule has 25 heavy (non-hydrogen) atoms. The molecule has 3 rings (SSSR count). The molecule has 7 nitrogen and oxygen atoms in total. The molecule has 3 atom stereocenters. The number of nitrogen functional groups attached to an aromatic ring is 1. The first-order valence-electron chi connectivity index (χ1n) is 8.55. The van der Waals surface area contributed by atoms with Crippen LogP contribution in [0.2, 0.25) is 0 Å². The SMILES string of the molecule is C[C@@H]1CO[C@@H](c2ccccc2)[C@H](C)N1Cc1nc(N)nc(N(C)C)n1. The second-order valence-corrected chi connectivity index (χ2v) is 6.73. The molecular formula is C18H26N6O. The van der Waals surface area contributed by atoms with Crippen LogP contribution >= 0.6 is 0 Å². The first-order chi connectivity index (χ1) is 12.0. The minimum atomic E-state index is 0.0323. The predicted octanol–water partition coefficient (Wildman–Crippen LogP) is 1.87. The molecule has 1 aromatic heterocycles. The number of ether oxygens (including phenoxy) is 1. The largest absolute Gasteiger partial charge is 0.370 e. The zero-order valence-electron chi connectivity index (χ0n) is 15.3. The summed E-state index contributed by atoms with van der Waals surface area (Å²) in [4.78, 5) is 17.2. The van der Waals surface area contributed by atoms with E-state index in [1.807, 2.05) is 37.2 Å². The van der Waals surface area contributed by atoms with Gasteiger partial charge in [0.1, 0.15) is 5.82 Å². The van der Waals surface area contributed by atoms with E-state index in [1.54, 1.807) is 0 Å². The Hall–Kier alpha value is -2.25. The molecule has 0 radical (unpaired) electrons. The zero-order valence-corrected chi connectivity index (χ0v) is 15.3. The molecule has 134 valence electrons. The van der Waals surface area contributed by atoms with Gasteiger partial charge in [-0.15, -0.1) is 0 Å². The Morgan fingerprint density at radius 1 is 1.16 bits per heavy atom. The summed E-state index contributed by atoms with van der Waals surface area (Å²) in [5.74, 6) is 1.51. The van der Waals surface area contributed by atoms with Crippen molar-refractivity contribution < 1.29 is 4.74 Å². The van der Waals surface area contributed by atoms with E-state index in [2.05, 4.69) is 45.8 Å². The monoisotopic (exact) mass is 342 g/mol. The molecule has 2 heterocycles. The molecule has 2 aromatic rings. The number of hydrogen-bond donors (Lipinski definition) is 1. The van der Waals surface area contributed by atoms with E-state index >= 15 is 0 Å². The van der Waals surface area contributed by atoms with Crippen LogP contribution in [0.5, 0.6) is 0 Å². The van der Waals surface area contributed by atoms with Crippen molar-refractivity contribution in [3.63, 3.8) is 0 Å². The molecule has 7 heteroatoms. The third-order valence-corrected chi connectivity index (χ3v) is 4.58. The summed E-state index contributed by atoms with van der Waals surface area (Å²) in [6, 6.07) is 10.8. The summed E-state index contributed by atoms with van der Waals surface area (Å²) >= 11 is 0. The smallest absolute Gasteiger partial charge is 0.229 e. The van der Waals surface area contributed by atoms with Gasteiger partial charge in [0, 0.05) is 26.2 Å². The van der Waals surface area contributed by atoms with Gasteiger partial charge in [-0.25, -0.2) is 0 Å². The van der Waals surface area contributed by atoms with E-state index in [0.29, 0.717) is 24.9 Å². The summed E-state index contributed by atoms with van der Waals surface area (Å²) in [7, 11) is 3.79. The first kappa shape index (κ1) is 17.6. The van der Waals surface area contributed by atoms with E-state index in [1.165, 1.54) is 5.56 Å². The molecule has 0 bridgehead atoms. The van der Waals surface area contributed by atoms with Gasteiger partial charge in [0.15, 0.2) is 0 Å². The lowest BCUT2D eigenvalue weighted by Crippen LogP contribution is -2.50. The molecule has 0 amide bonds. The number of anilines is 2. The number of nitrogens with two attached hydrogens (primary N) is 1. The lowest BCUT2D eigenvalue weighted by atomic mass is 9.98. The van der Waals surface area contributed by atoms with E-state index in [0.717, 1.165) is 0 Å². The fourth-order valence-electron chi connectivity index (χ4n) is 3.23. The van der Waals surface area contributed by atoms with Crippen molar-refractivity contribution in [3.8, 4) is 0 Å². The second-order valence-electron chi connectivity index (χ2n) is 6.73. The summed E-state index contributed by atoms with van der Waals surface area (Å²) in [6.45, 7) is 5.63. The highest BCUT2D eigenvalue weighted by Crippen LogP contribution is 2.31. The molecule has 0 aliphatic carbocycles. The first-order valence-corrected chi connectivity index (χ1v) is 8.55. The molecule has 1 aliphatic rings. The minimum absolute atomic E-state index is 0.0323. The van der Waals surface area contributed by atoms with Gasteiger partial charge in [-0.1, -0.05) is 30.3 Å². The molecule has 0 spiro atoms. The second kappa shape index (κ2) is 7.33. The van der Waals surface area contributed by atoms with Crippen molar-refractivity contribution >= 4 is 11.9 Å². The van der Waals surface area contributed by atoms with Crippen LogP contribution in [0.3, 0.4) is 0 Å². The molecule has 1 aromatic carbocycles. The average molecular weight is 342 g/mol. The van der Waals surface area contributed by atoms with Gasteiger partial charge < -0.3 is 15.4 Å². The number of hydrogen-bond acceptors (Lipinski definition) is 7. The Kier molecular flexibility index (Phi) is 5.15. The highest BCUT2D eigenvalue weighted by Gasteiger charge is 2.34. The van der Waals surface area contributed by atoms with Gasteiger partial charge in [-0.3, -0.25) is 4.90 Å². The minimum Gasteiger partial charge on any atom is -0.370 e. The van der Waals surface area contributed by atoms with Gasteiger partial charge in [0.25, 0.3) is 0 Å². The maximum absolute atomic E-state index is 6.11. The number of nitrogens with zero attached hydrogens (tertiary/aromatic N) is 5. The van der Waals surface area contributed by atoms with Crippen LogP contribution in [0.25, 0.3) is 0 Å². The van der Waals surface area contributed by atoms with Crippen LogP contribution in [0.1, 0.15) is 31.3 Å². The Bertz CT molecular complexity index is 708. The van der Waals surface area contributed by atoms with E-state index in [4.69, 9.17) is 10.5 Å². The van der Waals surface area contributed by atoms with Gasteiger partial charge in [0.05, 0.1) is 19.3 Å². The highest BCUT2D eigenvalue weighted by atomic mass is 16.5. The maximum Gasteiger partial charge on any atom is 0.229 e. The van der Waals surface area contributed by atoms with Crippen LogP contribution < -0.4 is 10.6 Å². The zero-order chi connectivity index (χ0) is 18.0. The summed E-state index contributed by atoms with van der Waals surface area (Å²) in [6.07, 6.45) is 0.0323. The van der Waals surface area contributed by atoms with Crippen molar-refractivity contribution in [2.75, 3.05) is 31.3 Å². The Morgan fingerprint density at radius 2 is 1.88 bits per heavy atom. The maximum atomic E-state index is 6.11. The van der Waals surface area contributed by atoms with Crippen LogP contribution in [-0.4, -0.2) is 52.6 Å². The lowest BCUT2D eigenvalue weighted by molar-refractivity contribution is -0.100. The average Bonchev–Trinajstić information content (AvgIpc) is 2.59. The van der Waals surface area contributed by atoms with E-state index < -0.39 is 0 Å². The molecule has 1 aliphatic heterocycles. The molecular weight excluding hydrogens is 316 g/mol. The van der Waals surface area contributed by atoms with Crippen molar-refractivity contribution in [3.05, 3.63) is 41.7 Å². The normalized spacial score (nSPS) is 24.2. The standard InChI is InChI=1S/C18H26N6O/c1-12-11-25-16(14-8-6-5-7-9-14)13(2)24(12)10-15-20-17(19)22-18(21-15)23(3)4/h5-9,12-13,16H,10-11H2,1-4H3,(H2,19,20,21,22)/t12-,13+,16-/m1/s1. The van der Waals surface area contributed by atoms with Crippen LogP contribution in [0.15, 0.2) is 30.3 Å². The molecule has 1 fully saturated rings. The summed E-state index contributed by atoms with van der Waals surface area (Å²) < 4.78 is 6.11. The van der Waals surface area contributed by atoms with Crippen LogP contribution in [-0.2, 0) is 11.3 Å². The molecule has 0 unspecified atom stereocenters. The fraction of sp³-hybridized carbons (Fsp3) is 0.500. The van der Waals surface area contributed by atoms with Crippen molar-refractivity contribution in [2.24, 2.45) is 0 Å². The quantitative estimate of drug-likeness (QED) is 0.908. The van der Waals surface area contributed by atoms with Gasteiger partial charge in [-0.05, 0) is 19.4 Å². The highest BCUT2D eigenvalue weighted by molar-refractivity contribution is 5.32. The number of aromatic nitrogens is 3. The van der Waals surface area contributed by atoms with Crippen molar-refractivity contribution in [1.82, 2.24) is 19.9 Å². The number of morpholine rings is 1. The lowest BCUT2D eigenvalue weighted by Gasteiger charge is -2.43. The molecule has 2 N–H and O–H groups in total. The van der Waals surface area contributed by atoms with Gasteiger partial charge in [0.2, 0.25) is 11.9 Å². The van der Waals surface area contributed by atoms with Gasteiger partial charge >= 0.3 is 0 Å².